The van der Waals surface area contributed by atoms with Gasteiger partial charge in [-0.15, -0.1) is 0 Å². The summed E-state index contributed by atoms with van der Waals surface area (Å²) < 4.78 is 17.9. The van der Waals surface area contributed by atoms with Crippen LogP contribution in [0.3, 0.4) is 0 Å². The van der Waals surface area contributed by atoms with E-state index in [1.807, 2.05) is 0 Å². The first-order valence-electron chi connectivity index (χ1n) is 9.23. The summed E-state index contributed by atoms with van der Waals surface area (Å²) in [6.45, 7) is 2.03. The Bertz CT molecular complexity index is 977. The minimum atomic E-state index is -0.604. The van der Waals surface area contributed by atoms with E-state index < -0.39 is 17.0 Å². The van der Waals surface area contributed by atoms with Crippen molar-refractivity contribution >= 4 is 46.1 Å². The summed E-state index contributed by atoms with van der Waals surface area (Å²) in [7, 11) is 1.60. The Morgan fingerprint density at radius 1 is 1.17 bits per heavy atom. The van der Waals surface area contributed by atoms with Crippen LogP contribution < -0.4 is 5.32 Å². The maximum atomic E-state index is 13.0. The molecule has 0 bridgehead atoms. The second-order valence-corrected chi connectivity index (χ2v) is 7.59. The number of amides is 2. The summed E-state index contributed by atoms with van der Waals surface area (Å²) in [6, 6.07) is 11.9. The fourth-order valence-electron chi connectivity index (χ4n) is 2.71. The number of nitrogens with zero attached hydrogens (tertiary/aromatic N) is 2. The topological polar surface area (TPSA) is 88.1 Å². The summed E-state index contributed by atoms with van der Waals surface area (Å²) in [5.41, 5.74) is 1.45. The zero-order valence-electron chi connectivity index (χ0n) is 16.4. The predicted octanol–water partition coefficient (Wildman–Crippen LogP) is 3.59. The molecule has 3 rings (SSSR count). The van der Waals surface area contributed by atoms with E-state index in [9.17, 15) is 18.8 Å². The molecule has 0 radical (unpaired) electrons. The lowest BCUT2D eigenvalue weighted by Crippen LogP contribution is -2.30. The van der Waals surface area contributed by atoms with E-state index in [0.717, 1.165) is 0 Å². The number of thioether (sulfide) groups is 1. The zero-order chi connectivity index (χ0) is 21.7. The van der Waals surface area contributed by atoms with Gasteiger partial charge in [-0.1, -0.05) is 11.8 Å². The van der Waals surface area contributed by atoms with Crippen molar-refractivity contribution in [3.63, 3.8) is 0 Å². The molecular weight excluding hydrogens is 409 g/mol. The predicted molar refractivity (Wildman–Crippen MR) is 113 cm³/mol. The second-order valence-electron chi connectivity index (χ2n) is 6.42. The Labute approximate surface area is 177 Å². The highest BCUT2D eigenvalue weighted by Crippen LogP contribution is 2.31. The molecule has 0 aromatic heterocycles. The van der Waals surface area contributed by atoms with Crippen molar-refractivity contribution < 1.29 is 23.5 Å². The maximum Gasteiger partial charge on any atom is 0.338 e. The van der Waals surface area contributed by atoms with Gasteiger partial charge in [-0.2, -0.15) is 0 Å². The van der Waals surface area contributed by atoms with Crippen molar-refractivity contribution in [2.24, 2.45) is 4.99 Å². The number of hydrogen-bond donors (Lipinski definition) is 1. The number of carbonyl (C=O) groups is 3. The number of nitrogens with one attached hydrogen (secondary N) is 1. The Kier molecular flexibility index (Phi) is 6.83. The van der Waals surface area contributed by atoms with E-state index >= 15 is 0 Å². The molecule has 0 aliphatic carbocycles. The third kappa shape index (κ3) is 5.24. The monoisotopic (exact) mass is 429 g/mol. The molecule has 1 heterocycles. The van der Waals surface area contributed by atoms with E-state index in [2.05, 4.69) is 10.3 Å². The van der Waals surface area contributed by atoms with Crippen molar-refractivity contribution in [2.75, 3.05) is 19.0 Å². The number of halogens is 1. The van der Waals surface area contributed by atoms with Crippen molar-refractivity contribution in [2.45, 2.75) is 18.6 Å². The third-order valence-corrected chi connectivity index (χ3v) is 5.47. The van der Waals surface area contributed by atoms with Crippen LogP contribution in [-0.4, -0.2) is 46.8 Å². The molecule has 0 saturated carbocycles. The van der Waals surface area contributed by atoms with Crippen molar-refractivity contribution in [1.29, 1.82) is 0 Å². The van der Waals surface area contributed by atoms with Gasteiger partial charge in [-0.3, -0.25) is 14.5 Å². The van der Waals surface area contributed by atoms with Crippen LogP contribution in [0.1, 0.15) is 23.7 Å². The largest absolute Gasteiger partial charge is 0.462 e. The standard InChI is InChI=1S/C21H20FN3O4S/c1-3-29-20(28)13-4-8-16(9-5-13)24-21-25(2)19(27)17(30-21)12-18(26)23-15-10-6-14(22)7-11-15/h4-11,17H,3,12H2,1-2H3,(H,23,26). The van der Waals surface area contributed by atoms with Gasteiger partial charge in [0.25, 0.3) is 0 Å². The molecule has 1 aliphatic heterocycles. The summed E-state index contributed by atoms with van der Waals surface area (Å²) in [5.74, 6) is -1.38. The van der Waals surface area contributed by atoms with Gasteiger partial charge in [0.2, 0.25) is 11.8 Å². The lowest BCUT2D eigenvalue weighted by atomic mass is 10.2. The average molecular weight is 429 g/mol. The fourth-order valence-corrected chi connectivity index (χ4v) is 3.86. The van der Waals surface area contributed by atoms with Crippen LogP contribution in [0.5, 0.6) is 0 Å². The van der Waals surface area contributed by atoms with Gasteiger partial charge >= 0.3 is 5.97 Å². The Morgan fingerprint density at radius 2 is 1.83 bits per heavy atom. The Hall–Kier alpha value is -3.20. The summed E-state index contributed by atoms with van der Waals surface area (Å²) >= 11 is 1.20. The minimum Gasteiger partial charge on any atom is -0.462 e. The van der Waals surface area contributed by atoms with Crippen molar-refractivity contribution in [1.82, 2.24) is 4.90 Å². The molecule has 1 unspecified atom stereocenters. The first kappa shape index (κ1) is 21.5. The van der Waals surface area contributed by atoms with Gasteiger partial charge < -0.3 is 10.1 Å². The molecular formula is C21H20FN3O4S. The van der Waals surface area contributed by atoms with Crippen molar-refractivity contribution in [3.05, 3.63) is 59.9 Å². The SMILES string of the molecule is CCOC(=O)c1ccc(N=C2SC(CC(=O)Nc3ccc(F)cc3)C(=O)N2C)cc1. The highest BCUT2D eigenvalue weighted by Gasteiger charge is 2.37. The van der Waals surface area contributed by atoms with E-state index in [-0.39, 0.29) is 18.2 Å². The Balaban J connectivity index is 1.64. The Morgan fingerprint density at radius 3 is 2.47 bits per heavy atom. The molecule has 1 fully saturated rings. The van der Waals surface area contributed by atoms with Crippen molar-refractivity contribution in [3.8, 4) is 0 Å². The van der Waals surface area contributed by atoms with Crippen LogP contribution >= 0.6 is 11.8 Å². The molecule has 30 heavy (non-hydrogen) atoms. The van der Waals surface area contributed by atoms with Crippen LogP contribution in [-0.2, 0) is 14.3 Å². The lowest BCUT2D eigenvalue weighted by Gasteiger charge is -2.09. The molecule has 2 amide bonds. The number of aliphatic imine (C=N–C) groups is 1. The van der Waals surface area contributed by atoms with E-state index in [1.54, 1.807) is 38.2 Å². The number of amidine groups is 1. The molecule has 156 valence electrons. The van der Waals surface area contributed by atoms with Gasteiger partial charge in [0.05, 0.1) is 17.9 Å². The molecule has 2 aromatic carbocycles. The smallest absolute Gasteiger partial charge is 0.338 e. The van der Waals surface area contributed by atoms with Gasteiger partial charge in [0, 0.05) is 19.2 Å². The molecule has 1 N–H and O–H groups in total. The second kappa shape index (κ2) is 9.53. The summed E-state index contributed by atoms with van der Waals surface area (Å²) in [5, 5.41) is 2.51. The van der Waals surface area contributed by atoms with Crippen LogP contribution in [0.2, 0.25) is 0 Å². The highest BCUT2D eigenvalue weighted by atomic mass is 32.2. The molecule has 0 spiro atoms. The van der Waals surface area contributed by atoms with E-state index in [0.29, 0.717) is 28.7 Å². The summed E-state index contributed by atoms with van der Waals surface area (Å²) in [4.78, 5) is 42.3. The lowest BCUT2D eigenvalue weighted by molar-refractivity contribution is -0.127. The third-order valence-electron chi connectivity index (χ3n) is 4.24. The molecule has 1 aliphatic rings. The minimum absolute atomic E-state index is 0.0357. The molecule has 1 atom stereocenters. The maximum absolute atomic E-state index is 13.0. The van der Waals surface area contributed by atoms with E-state index in [1.165, 1.54) is 40.9 Å². The van der Waals surface area contributed by atoms with Gasteiger partial charge in [0.1, 0.15) is 11.1 Å². The van der Waals surface area contributed by atoms with Gasteiger partial charge in [-0.25, -0.2) is 14.2 Å². The van der Waals surface area contributed by atoms with Gasteiger partial charge in [0.15, 0.2) is 5.17 Å². The first-order chi connectivity index (χ1) is 14.4. The van der Waals surface area contributed by atoms with Crippen LogP contribution in [0, 0.1) is 5.82 Å². The zero-order valence-corrected chi connectivity index (χ0v) is 17.2. The normalized spacial score (nSPS) is 17.3. The number of carbonyl (C=O) groups excluding carboxylic acids is 3. The van der Waals surface area contributed by atoms with Crippen LogP contribution in [0.25, 0.3) is 0 Å². The number of rotatable bonds is 6. The number of benzene rings is 2. The molecule has 9 heteroatoms. The van der Waals surface area contributed by atoms with E-state index in [4.69, 9.17) is 4.74 Å². The quantitative estimate of drug-likeness (QED) is 0.709. The molecule has 2 aromatic rings. The number of anilines is 1. The first-order valence-corrected chi connectivity index (χ1v) is 10.1. The highest BCUT2D eigenvalue weighted by molar-refractivity contribution is 8.15. The average Bonchev–Trinajstić information content (AvgIpc) is 2.98. The fraction of sp³-hybridized carbons (Fsp3) is 0.238. The molecule has 1 saturated heterocycles. The van der Waals surface area contributed by atoms with Crippen LogP contribution in [0.4, 0.5) is 15.8 Å². The number of hydrogen-bond acceptors (Lipinski definition) is 6. The summed E-state index contributed by atoms with van der Waals surface area (Å²) in [6.07, 6.45) is -0.0357. The van der Waals surface area contributed by atoms with Gasteiger partial charge in [-0.05, 0) is 55.5 Å². The number of ether oxygens (including phenoxy) is 1. The van der Waals surface area contributed by atoms with Crippen LogP contribution in [0.15, 0.2) is 53.5 Å². The molecule has 7 nitrogen and oxygen atoms in total. The number of esters is 1.